The van der Waals surface area contributed by atoms with E-state index in [4.69, 9.17) is 5.10 Å². The van der Waals surface area contributed by atoms with Crippen molar-refractivity contribution in [1.82, 2.24) is 14.8 Å². The molecule has 154 valence electrons. The largest absolute Gasteiger partial charge is 0.272 e. The van der Waals surface area contributed by atoms with Crippen LogP contribution in [0.2, 0.25) is 0 Å². The second kappa shape index (κ2) is 8.97. The minimum absolute atomic E-state index is 0.485. The maximum Gasteiger partial charge on any atom is 0.0797 e. The van der Waals surface area contributed by atoms with Gasteiger partial charge in [0.15, 0.2) is 0 Å². The van der Waals surface area contributed by atoms with Gasteiger partial charge in [0.25, 0.3) is 0 Å². The van der Waals surface area contributed by atoms with Crippen LogP contribution in [0.15, 0.2) is 66.4 Å². The number of benzene rings is 2. The smallest absolute Gasteiger partial charge is 0.0797 e. The topological polar surface area (TPSA) is 30.7 Å². The second-order valence-corrected chi connectivity index (χ2v) is 9.23. The first-order valence-electron chi connectivity index (χ1n) is 10.6. The summed E-state index contributed by atoms with van der Waals surface area (Å²) in [5, 5.41) is 4.77. The molecule has 0 aliphatic carbocycles. The van der Waals surface area contributed by atoms with Gasteiger partial charge >= 0.3 is 0 Å². The lowest BCUT2D eigenvalue weighted by atomic mass is 9.96. The molecule has 2 aromatic carbocycles. The van der Waals surface area contributed by atoms with E-state index < -0.39 is 0 Å². The molecule has 0 saturated carbocycles. The van der Waals surface area contributed by atoms with Crippen molar-refractivity contribution in [3.05, 3.63) is 83.3 Å². The first-order valence-corrected chi connectivity index (χ1v) is 11.5. The summed E-state index contributed by atoms with van der Waals surface area (Å²) < 4.78 is 2.10. The van der Waals surface area contributed by atoms with E-state index in [2.05, 4.69) is 92.1 Å². The predicted molar refractivity (Wildman–Crippen MR) is 127 cm³/mol. The van der Waals surface area contributed by atoms with Crippen molar-refractivity contribution >= 4 is 11.3 Å². The van der Waals surface area contributed by atoms with Gasteiger partial charge in [-0.2, -0.15) is 5.10 Å². The first-order chi connectivity index (χ1) is 14.5. The number of aromatic nitrogens is 3. The molecule has 4 heteroatoms. The van der Waals surface area contributed by atoms with Gasteiger partial charge in [0.2, 0.25) is 0 Å². The maximum atomic E-state index is 4.77. The van der Waals surface area contributed by atoms with Gasteiger partial charge in [-0.1, -0.05) is 69.3 Å². The summed E-state index contributed by atoms with van der Waals surface area (Å²) in [6, 6.07) is 17.8. The number of hydrogen-bond donors (Lipinski definition) is 0. The van der Waals surface area contributed by atoms with Crippen LogP contribution in [-0.2, 0) is 6.54 Å². The normalized spacial score (nSPS) is 12.4. The van der Waals surface area contributed by atoms with Crippen molar-refractivity contribution in [2.45, 2.75) is 52.5 Å². The fourth-order valence-corrected chi connectivity index (χ4v) is 4.42. The summed E-state index contributed by atoms with van der Waals surface area (Å²) in [5.74, 6) is 1.04. The van der Waals surface area contributed by atoms with Crippen LogP contribution in [0.1, 0.15) is 55.8 Å². The molecule has 0 aliphatic heterocycles. The monoisotopic (exact) mass is 415 g/mol. The van der Waals surface area contributed by atoms with Gasteiger partial charge in [-0.3, -0.25) is 9.67 Å². The van der Waals surface area contributed by atoms with E-state index in [1.807, 2.05) is 11.7 Å². The Balaban J connectivity index is 1.41. The number of nitrogens with zero attached hydrogens (tertiary/aromatic N) is 3. The highest BCUT2D eigenvalue weighted by atomic mass is 32.1. The van der Waals surface area contributed by atoms with Gasteiger partial charge in [0.1, 0.15) is 0 Å². The van der Waals surface area contributed by atoms with E-state index in [1.54, 1.807) is 11.3 Å². The van der Waals surface area contributed by atoms with Crippen molar-refractivity contribution in [3.8, 4) is 21.6 Å². The van der Waals surface area contributed by atoms with Crippen LogP contribution in [0.25, 0.3) is 21.6 Å². The van der Waals surface area contributed by atoms with Crippen LogP contribution >= 0.6 is 11.3 Å². The lowest BCUT2D eigenvalue weighted by Gasteiger charge is -2.12. The molecule has 2 heterocycles. The minimum atomic E-state index is 0.485. The Morgan fingerprint density at radius 1 is 0.900 bits per heavy atom. The number of rotatable bonds is 7. The zero-order chi connectivity index (χ0) is 21.1. The Morgan fingerprint density at radius 2 is 1.57 bits per heavy atom. The molecule has 4 aromatic rings. The molecular weight excluding hydrogens is 386 g/mol. The van der Waals surface area contributed by atoms with Crippen LogP contribution in [0.4, 0.5) is 0 Å². The average Bonchev–Trinajstić information content (AvgIpc) is 3.42. The van der Waals surface area contributed by atoms with Gasteiger partial charge in [0, 0.05) is 24.5 Å². The van der Waals surface area contributed by atoms with Crippen molar-refractivity contribution in [1.29, 1.82) is 0 Å². The molecular formula is C26H29N3S. The molecule has 0 radical (unpaired) electrons. The van der Waals surface area contributed by atoms with Crippen molar-refractivity contribution < 1.29 is 0 Å². The van der Waals surface area contributed by atoms with E-state index in [0.717, 1.165) is 18.7 Å². The molecule has 30 heavy (non-hydrogen) atoms. The number of hydrogen-bond acceptors (Lipinski definition) is 3. The van der Waals surface area contributed by atoms with Crippen LogP contribution in [0.5, 0.6) is 0 Å². The lowest BCUT2D eigenvalue weighted by Crippen LogP contribution is -2.03. The summed E-state index contributed by atoms with van der Waals surface area (Å²) >= 11 is 1.68. The third-order valence-corrected chi connectivity index (χ3v) is 6.64. The lowest BCUT2D eigenvalue weighted by molar-refractivity contribution is 0.531. The van der Waals surface area contributed by atoms with Gasteiger partial charge in [-0.25, -0.2) is 0 Å². The maximum absolute atomic E-state index is 4.77. The molecule has 0 saturated heterocycles. The van der Waals surface area contributed by atoms with Gasteiger partial charge < -0.3 is 0 Å². The van der Waals surface area contributed by atoms with Crippen LogP contribution in [0.3, 0.4) is 0 Å². The quantitative estimate of drug-likeness (QED) is 0.317. The molecule has 1 unspecified atom stereocenters. The van der Waals surface area contributed by atoms with Crippen molar-refractivity contribution in [2.24, 2.45) is 0 Å². The van der Waals surface area contributed by atoms with Crippen molar-refractivity contribution in [2.75, 3.05) is 0 Å². The molecule has 0 bridgehead atoms. The number of thiazole rings is 1. The highest BCUT2D eigenvalue weighted by molar-refractivity contribution is 7.13. The second-order valence-electron chi connectivity index (χ2n) is 8.35. The summed E-state index contributed by atoms with van der Waals surface area (Å²) in [7, 11) is 0. The Labute approximate surface area is 183 Å². The van der Waals surface area contributed by atoms with E-state index >= 15 is 0 Å². The third kappa shape index (κ3) is 4.54. The fraction of sp³-hybridized carbons (Fsp3) is 0.308. The van der Waals surface area contributed by atoms with E-state index in [1.165, 1.54) is 32.7 Å². The average molecular weight is 416 g/mol. The molecule has 0 aliphatic rings. The Hall–Kier alpha value is -2.72. The minimum Gasteiger partial charge on any atom is -0.272 e. The van der Waals surface area contributed by atoms with Gasteiger partial charge in [0.05, 0.1) is 16.1 Å². The predicted octanol–water partition coefficient (Wildman–Crippen LogP) is 7.30. The molecule has 3 nitrogen and oxygen atoms in total. The first kappa shape index (κ1) is 20.5. The van der Waals surface area contributed by atoms with Crippen LogP contribution in [0, 0.1) is 6.92 Å². The van der Waals surface area contributed by atoms with E-state index in [0.29, 0.717) is 11.8 Å². The zero-order valence-electron chi connectivity index (χ0n) is 18.2. The molecule has 1 atom stereocenters. The fourth-order valence-electron chi connectivity index (χ4n) is 3.79. The molecule has 2 aromatic heterocycles. The highest BCUT2D eigenvalue weighted by Gasteiger charge is 2.11. The summed E-state index contributed by atoms with van der Waals surface area (Å²) in [6.45, 7) is 9.77. The number of aryl methyl sites for hydroxylation is 2. The third-order valence-electron chi connectivity index (χ3n) is 5.82. The molecule has 0 fully saturated rings. The Bertz CT molecular complexity index is 1070. The van der Waals surface area contributed by atoms with Crippen LogP contribution in [-0.4, -0.2) is 14.8 Å². The summed E-state index contributed by atoms with van der Waals surface area (Å²) in [4.78, 5) is 5.39. The van der Waals surface area contributed by atoms with E-state index in [9.17, 15) is 0 Å². The molecule has 4 rings (SSSR count). The van der Waals surface area contributed by atoms with Gasteiger partial charge in [-0.05, 0) is 47.4 Å². The van der Waals surface area contributed by atoms with Gasteiger partial charge in [-0.15, -0.1) is 11.3 Å². The summed E-state index contributed by atoms with van der Waals surface area (Å²) in [5.41, 5.74) is 9.43. The summed E-state index contributed by atoms with van der Waals surface area (Å²) in [6.07, 6.45) is 5.18. The Morgan fingerprint density at radius 3 is 2.20 bits per heavy atom. The highest BCUT2D eigenvalue weighted by Crippen LogP contribution is 2.28. The molecule has 0 spiro atoms. The van der Waals surface area contributed by atoms with E-state index in [-0.39, 0.29) is 0 Å². The van der Waals surface area contributed by atoms with Crippen molar-refractivity contribution in [3.63, 3.8) is 0 Å². The SMILES string of the molecule is Cc1nn(CCC(C)c2ccc(-c3cncs3)cc2)cc1-c1ccc(C(C)C)cc1. The van der Waals surface area contributed by atoms with Crippen LogP contribution < -0.4 is 0 Å². The Kier molecular flexibility index (Phi) is 6.14. The standard InChI is InChI=1S/C26H29N3S/c1-18(2)21-5-9-23(10-6-21)25-16-29(28-20(25)4)14-13-19(3)22-7-11-24(12-8-22)26-15-27-17-30-26/h5-12,15-19H,13-14H2,1-4H3. The molecule has 0 amide bonds. The molecule has 0 N–H and O–H groups in total. The zero-order valence-corrected chi connectivity index (χ0v) is 19.0.